The highest BCUT2D eigenvalue weighted by Crippen LogP contribution is 2.28. The van der Waals surface area contributed by atoms with Crippen LogP contribution in [0.3, 0.4) is 0 Å². The van der Waals surface area contributed by atoms with Gasteiger partial charge in [0, 0.05) is 36.3 Å². The molecule has 0 saturated heterocycles. The number of hydrogen-bond donors (Lipinski definition) is 1. The molecule has 0 radical (unpaired) electrons. The van der Waals surface area contributed by atoms with E-state index in [0.717, 1.165) is 10.5 Å². The number of nitrogens with zero attached hydrogens (tertiary/aromatic N) is 3. The van der Waals surface area contributed by atoms with Gasteiger partial charge < -0.3 is 20.3 Å². The second-order valence-corrected chi connectivity index (χ2v) is 8.84. The molecule has 1 aromatic rings. The topological polar surface area (TPSA) is 88.2 Å². The van der Waals surface area contributed by atoms with Gasteiger partial charge in [-0.2, -0.15) is 0 Å². The number of nitrogens with two attached hydrogens (primary N) is 1. The number of halogens is 3. The zero-order chi connectivity index (χ0) is 25.7. The summed E-state index contributed by atoms with van der Waals surface area (Å²) in [6, 6.07) is 4.33. The van der Waals surface area contributed by atoms with E-state index in [1.165, 1.54) is 25.3 Å². The van der Waals surface area contributed by atoms with Gasteiger partial charge in [-0.05, 0) is 36.8 Å². The van der Waals surface area contributed by atoms with E-state index < -0.39 is 12.2 Å². The summed E-state index contributed by atoms with van der Waals surface area (Å²) in [5.74, 6) is -0.419. The van der Waals surface area contributed by atoms with Gasteiger partial charge in [-0.25, -0.2) is 4.39 Å². The van der Waals surface area contributed by atoms with Crippen LogP contribution in [0.15, 0.2) is 70.6 Å². The van der Waals surface area contributed by atoms with Crippen molar-refractivity contribution in [3.05, 3.63) is 81.2 Å². The monoisotopic (exact) mass is 520 g/mol. The normalized spacial score (nSPS) is 19.3. The van der Waals surface area contributed by atoms with Crippen LogP contribution in [0.5, 0.6) is 0 Å². The van der Waals surface area contributed by atoms with Crippen molar-refractivity contribution in [2.45, 2.75) is 19.6 Å². The van der Waals surface area contributed by atoms with Crippen LogP contribution in [0, 0.1) is 0 Å². The third-order valence-electron chi connectivity index (χ3n) is 5.78. The molecule has 2 heterocycles. The Kier molecular flexibility index (Phi) is 8.75. The number of hydrogen-bond acceptors (Lipinski definition) is 5. The maximum absolute atomic E-state index is 14.9. The lowest BCUT2D eigenvalue weighted by atomic mass is 9.98. The standard InChI is InChI=1S/C25H27Cl2FN4O3/c1-4-16(6-5-15(2)35-3)13-31-10-9-30-23(25(31)34)18-14-32(22(28)12-21(18)29)24(33)17-7-8-19(26)20(27)11-17/h4-8,11,22H,2,9-10,12-14,29H2,1,3H3/b6-5-,16-4+. The molecular weight excluding hydrogens is 494 g/mol. The van der Waals surface area contributed by atoms with Crippen molar-refractivity contribution in [2.75, 3.05) is 33.3 Å². The fourth-order valence-corrected chi connectivity index (χ4v) is 4.01. The van der Waals surface area contributed by atoms with Gasteiger partial charge in [0.1, 0.15) is 11.5 Å². The molecule has 7 nitrogen and oxygen atoms in total. The first-order valence-electron chi connectivity index (χ1n) is 10.9. The summed E-state index contributed by atoms with van der Waals surface area (Å²) in [7, 11) is 1.53. The summed E-state index contributed by atoms with van der Waals surface area (Å²) in [6.07, 6.45) is 3.55. The van der Waals surface area contributed by atoms with Crippen LogP contribution < -0.4 is 5.73 Å². The molecular formula is C25H27Cl2FN4O3. The van der Waals surface area contributed by atoms with Gasteiger partial charge in [0.05, 0.1) is 30.2 Å². The van der Waals surface area contributed by atoms with Crippen molar-refractivity contribution in [1.29, 1.82) is 0 Å². The van der Waals surface area contributed by atoms with Gasteiger partial charge in [-0.1, -0.05) is 41.9 Å². The Labute approximate surface area is 214 Å². The largest absolute Gasteiger partial charge is 0.497 e. The van der Waals surface area contributed by atoms with Crippen molar-refractivity contribution in [1.82, 2.24) is 9.80 Å². The Balaban J connectivity index is 1.80. The fourth-order valence-electron chi connectivity index (χ4n) is 3.71. The summed E-state index contributed by atoms with van der Waals surface area (Å²) in [6.45, 7) is 6.56. The van der Waals surface area contributed by atoms with E-state index in [1.807, 2.05) is 19.1 Å². The highest BCUT2D eigenvalue weighted by molar-refractivity contribution is 6.46. The van der Waals surface area contributed by atoms with Crippen LogP contribution in [0.2, 0.25) is 10.0 Å². The zero-order valence-corrected chi connectivity index (χ0v) is 21.1. The van der Waals surface area contributed by atoms with E-state index in [1.54, 1.807) is 11.0 Å². The van der Waals surface area contributed by atoms with Crippen LogP contribution in [0.4, 0.5) is 4.39 Å². The lowest BCUT2D eigenvalue weighted by molar-refractivity contribution is -0.124. The maximum atomic E-state index is 14.9. The molecule has 1 aromatic carbocycles. The number of allylic oxidation sites excluding steroid dienone is 2. The lowest BCUT2D eigenvalue weighted by Gasteiger charge is -2.35. The van der Waals surface area contributed by atoms with Crippen molar-refractivity contribution in [2.24, 2.45) is 10.7 Å². The lowest BCUT2D eigenvalue weighted by Crippen LogP contribution is -2.49. The van der Waals surface area contributed by atoms with E-state index >= 15 is 0 Å². The molecule has 0 saturated carbocycles. The number of alkyl halides is 1. The first-order chi connectivity index (χ1) is 16.7. The molecule has 10 heteroatoms. The SMILES string of the molecule is C=C(/C=C\C(=C/C)CN1CCN=C(C2=C(N)CC(F)N(C(=O)c3ccc(Cl)c(Cl)c3)C2)C1=O)OC. The van der Waals surface area contributed by atoms with E-state index in [2.05, 4.69) is 11.6 Å². The molecule has 0 spiro atoms. The average Bonchev–Trinajstić information content (AvgIpc) is 2.84. The molecule has 1 atom stereocenters. The Morgan fingerprint density at radius 2 is 2.09 bits per heavy atom. The molecule has 2 aliphatic heterocycles. The Hall–Kier alpha value is -3.10. The van der Waals surface area contributed by atoms with Crippen LogP contribution >= 0.6 is 23.2 Å². The molecule has 2 N–H and O–H groups in total. The molecule has 3 rings (SSSR count). The maximum Gasteiger partial charge on any atom is 0.272 e. The number of methoxy groups -OCH3 is 1. The minimum atomic E-state index is -1.65. The van der Waals surface area contributed by atoms with Gasteiger partial charge in [-0.3, -0.25) is 14.6 Å². The minimum absolute atomic E-state index is 0.147. The number of aliphatic imine (C=N–C) groups is 1. The zero-order valence-electron chi connectivity index (χ0n) is 19.6. The second-order valence-electron chi connectivity index (χ2n) is 8.03. The summed E-state index contributed by atoms with van der Waals surface area (Å²) in [5, 5.41) is 0.471. The molecule has 2 aliphatic rings. The highest BCUT2D eigenvalue weighted by atomic mass is 35.5. The van der Waals surface area contributed by atoms with Crippen molar-refractivity contribution >= 4 is 40.7 Å². The second kappa shape index (κ2) is 11.6. The minimum Gasteiger partial charge on any atom is -0.497 e. The van der Waals surface area contributed by atoms with Gasteiger partial charge in [0.15, 0.2) is 6.30 Å². The third kappa shape index (κ3) is 6.13. The van der Waals surface area contributed by atoms with Gasteiger partial charge >= 0.3 is 0 Å². The molecule has 2 amide bonds. The number of amides is 2. The average molecular weight is 521 g/mol. The van der Waals surface area contributed by atoms with Crippen molar-refractivity contribution in [3.63, 3.8) is 0 Å². The fraction of sp³-hybridized carbons (Fsp3) is 0.320. The molecule has 186 valence electrons. The molecule has 0 bridgehead atoms. The first-order valence-corrected chi connectivity index (χ1v) is 11.7. The van der Waals surface area contributed by atoms with E-state index in [0.29, 0.717) is 31.0 Å². The number of rotatable bonds is 7. The van der Waals surface area contributed by atoms with Crippen LogP contribution in [0.1, 0.15) is 23.7 Å². The first kappa shape index (κ1) is 26.5. The number of carbonyl (C=O) groups is 2. The smallest absolute Gasteiger partial charge is 0.272 e. The molecule has 0 aromatic heterocycles. The summed E-state index contributed by atoms with van der Waals surface area (Å²) in [4.78, 5) is 33.4. The van der Waals surface area contributed by atoms with Crippen LogP contribution in [-0.2, 0) is 9.53 Å². The van der Waals surface area contributed by atoms with Gasteiger partial charge in [-0.15, -0.1) is 0 Å². The summed E-state index contributed by atoms with van der Waals surface area (Å²) in [5.41, 5.74) is 7.91. The summed E-state index contributed by atoms with van der Waals surface area (Å²) >= 11 is 12.0. The Bertz CT molecular complexity index is 1160. The molecule has 35 heavy (non-hydrogen) atoms. The van der Waals surface area contributed by atoms with Gasteiger partial charge in [0.25, 0.3) is 11.8 Å². The van der Waals surface area contributed by atoms with Gasteiger partial charge in [0.2, 0.25) is 0 Å². The number of benzene rings is 1. The molecule has 0 aliphatic carbocycles. The van der Waals surface area contributed by atoms with Crippen molar-refractivity contribution in [3.8, 4) is 0 Å². The number of ether oxygens (including phenoxy) is 1. The van der Waals surface area contributed by atoms with E-state index in [4.69, 9.17) is 33.7 Å². The van der Waals surface area contributed by atoms with Crippen LogP contribution in [-0.4, -0.2) is 66.9 Å². The summed E-state index contributed by atoms with van der Waals surface area (Å²) < 4.78 is 19.9. The molecule has 0 fully saturated rings. The Morgan fingerprint density at radius 1 is 1.34 bits per heavy atom. The van der Waals surface area contributed by atoms with Crippen molar-refractivity contribution < 1.29 is 18.7 Å². The quantitative estimate of drug-likeness (QED) is 0.330. The highest BCUT2D eigenvalue weighted by Gasteiger charge is 2.36. The van der Waals surface area contributed by atoms with E-state index in [-0.39, 0.29) is 45.9 Å². The van der Waals surface area contributed by atoms with Crippen LogP contribution in [0.25, 0.3) is 0 Å². The third-order valence-corrected chi connectivity index (χ3v) is 6.51. The Morgan fingerprint density at radius 3 is 2.74 bits per heavy atom. The van der Waals surface area contributed by atoms with E-state index in [9.17, 15) is 14.0 Å². The molecule has 1 unspecified atom stereocenters. The number of carbonyl (C=O) groups excluding carboxylic acids is 2. The predicted molar refractivity (Wildman–Crippen MR) is 136 cm³/mol. The predicted octanol–water partition coefficient (Wildman–Crippen LogP) is 4.29.